The van der Waals surface area contributed by atoms with Crippen LogP contribution in [0.2, 0.25) is 0 Å². The molecule has 0 aliphatic carbocycles. The number of hydrogen-bond donors (Lipinski definition) is 1. The maximum Gasteiger partial charge on any atom is 0.573 e. The summed E-state index contributed by atoms with van der Waals surface area (Å²) in [6.45, 7) is 0.00270. The first-order valence-electron chi connectivity index (χ1n) is 5.64. The molecule has 8 heteroatoms. The molecule has 0 aromatic carbocycles. The molecule has 106 valence electrons. The van der Waals surface area contributed by atoms with Gasteiger partial charge in [0.1, 0.15) is 18.5 Å². The van der Waals surface area contributed by atoms with Crippen LogP contribution in [0.5, 0.6) is 11.6 Å². The quantitative estimate of drug-likeness (QED) is 0.857. The summed E-state index contributed by atoms with van der Waals surface area (Å²) in [6, 6.07) is 2.16. The van der Waals surface area contributed by atoms with Crippen LogP contribution in [0, 0.1) is 0 Å². The van der Waals surface area contributed by atoms with Crippen LogP contribution in [-0.4, -0.2) is 36.7 Å². The average Bonchev–Trinajstić information content (AvgIpc) is 2.77. The molecule has 2 rings (SSSR count). The van der Waals surface area contributed by atoms with E-state index >= 15 is 0 Å². The van der Waals surface area contributed by atoms with Crippen LogP contribution in [0.25, 0.3) is 0 Å². The van der Waals surface area contributed by atoms with E-state index in [4.69, 9.17) is 4.74 Å². The van der Waals surface area contributed by atoms with Gasteiger partial charge in [0.05, 0.1) is 6.20 Å². The van der Waals surface area contributed by atoms with Gasteiger partial charge in [-0.25, -0.2) is 9.37 Å². The third kappa shape index (κ3) is 4.23. The zero-order valence-electron chi connectivity index (χ0n) is 9.78. The lowest BCUT2D eigenvalue weighted by Crippen LogP contribution is -2.23. The molecular weight excluding hydrogens is 268 g/mol. The molecule has 2 heterocycles. The molecule has 0 saturated carbocycles. The molecule has 1 aliphatic heterocycles. The SMILES string of the molecule is FC[C@@H]1C[C@H](Oc2ccc(OC(F)(F)F)cn2)CN1. The van der Waals surface area contributed by atoms with E-state index in [2.05, 4.69) is 15.0 Å². The van der Waals surface area contributed by atoms with Gasteiger partial charge < -0.3 is 14.8 Å². The number of aromatic nitrogens is 1. The predicted octanol–water partition coefficient (Wildman–Crippen LogP) is 2.06. The Balaban J connectivity index is 1.89. The lowest BCUT2D eigenvalue weighted by molar-refractivity contribution is -0.274. The summed E-state index contributed by atoms with van der Waals surface area (Å²) in [4.78, 5) is 3.71. The first-order chi connectivity index (χ1) is 8.96. The molecule has 2 atom stereocenters. The summed E-state index contributed by atoms with van der Waals surface area (Å²) in [5, 5.41) is 2.92. The van der Waals surface area contributed by atoms with E-state index in [9.17, 15) is 17.6 Å². The normalized spacial score (nSPS) is 23.4. The topological polar surface area (TPSA) is 43.4 Å². The van der Waals surface area contributed by atoms with Crippen molar-refractivity contribution < 1.29 is 27.0 Å². The van der Waals surface area contributed by atoms with Crippen LogP contribution < -0.4 is 14.8 Å². The van der Waals surface area contributed by atoms with Gasteiger partial charge in [-0.2, -0.15) is 0 Å². The average molecular weight is 280 g/mol. The molecule has 1 aromatic rings. The fourth-order valence-corrected chi connectivity index (χ4v) is 1.79. The Labute approximate surface area is 106 Å². The fraction of sp³-hybridized carbons (Fsp3) is 0.545. The van der Waals surface area contributed by atoms with Crippen LogP contribution in [0.3, 0.4) is 0 Å². The van der Waals surface area contributed by atoms with Crippen molar-refractivity contribution >= 4 is 0 Å². The third-order valence-corrected chi connectivity index (χ3v) is 2.60. The number of ether oxygens (including phenoxy) is 2. The van der Waals surface area contributed by atoms with E-state index in [0.29, 0.717) is 13.0 Å². The minimum atomic E-state index is -4.74. The lowest BCUT2D eigenvalue weighted by Gasteiger charge is -2.12. The van der Waals surface area contributed by atoms with Gasteiger partial charge >= 0.3 is 6.36 Å². The highest BCUT2D eigenvalue weighted by atomic mass is 19.4. The summed E-state index contributed by atoms with van der Waals surface area (Å²) in [7, 11) is 0. The van der Waals surface area contributed by atoms with Crippen LogP contribution in [0.15, 0.2) is 18.3 Å². The van der Waals surface area contributed by atoms with Crippen molar-refractivity contribution in [3.63, 3.8) is 0 Å². The predicted molar refractivity (Wildman–Crippen MR) is 57.7 cm³/mol. The van der Waals surface area contributed by atoms with Gasteiger partial charge in [-0.05, 0) is 6.07 Å². The van der Waals surface area contributed by atoms with Gasteiger partial charge in [-0.1, -0.05) is 0 Å². The van der Waals surface area contributed by atoms with E-state index in [-0.39, 0.29) is 18.0 Å². The Hall–Kier alpha value is -1.57. The Bertz CT molecular complexity index is 410. The fourth-order valence-electron chi connectivity index (χ4n) is 1.79. The second-order valence-electron chi connectivity index (χ2n) is 4.11. The van der Waals surface area contributed by atoms with Gasteiger partial charge in [0.15, 0.2) is 0 Å². The van der Waals surface area contributed by atoms with Gasteiger partial charge in [0.2, 0.25) is 5.88 Å². The Morgan fingerprint density at radius 3 is 2.68 bits per heavy atom. The standard InChI is InChI=1S/C11H12F4N2O2/c12-4-7-3-9(6-16-7)18-10-2-1-8(5-17-10)19-11(13,14)15/h1-2,5,7,9,16H,3-4,6H2/t7-,9-/m0/s1. The molecule has 1 aliphatic rings. The largest absolute Gasteiger partial charge is 0.573 e. The minimum absolute atomic E-state index is 0.181. The molecule has 0 unspecified atom stereocenters. The number of alkyl halides is 4. The second-order valence-corrected chi connectivity index (χ2v) is 4.11. The number of nitrogens with one attached hydrogen (secondary N) is 1. The van der Waals surface area contributed by atoms with E-state index in [1.807, 2.05) is 0 Å². The summed E-state index contributed by atoms with van der Waals surface area (Å²) >= 11 is 0. The highest BCUT2D eigenvalue weighted by Crippen LogP contribution is 2.23. The number of halogens is 4. The molecule has 1 N–H and O–H groups in total. The Morgan fingerprint density at radius 1 is 1.37 bits per heavy atom. The van der Waals surface area contributed by atoms with Crippen molar-refractivity contribution in [1.82, 2.24) is 10.3 Å². The van der Waals surface area contributed by atoms with Crippen molar-refractivity contribution in [2.24, 2.45) is 0 Å². The summed E-state index contributed by atoms with van der Waals surface area (Å²) < 4.78 is 57.2. The van der Waals surface area contributed by atoms with Crippen LogP contribution in [-0.2, 0) is 0 Å². The lowest BCUT2D eigenvalue weighted by atomic mass is 10.2. The highest BCUT2D eigenvalue weighted by Gasteiger charge is 2.31. The van der Waals surface area contributed by atoms with E-state index < -0.39 is 18.8 Å². The summed E-state index contributed by atoms with van der Waals surface area (Å²) in [5.74, 6) is -0.230. The molecule has 1 saturated heterocycles. The number of rotatable bonds is 4. The van der Waals surface area contributed by atoms with Crippen molar-refractivity contribution in [2.45, 2.75) is 24.9 Å². The van der Waals surface area contributed by atoms with Crippen LogP contribution in [0.1, 0.15) is 6.42 Å². The molecule has 0 spiro atoms. The molecule has 0 amide bonds. The zero-order valence-corrected chi connectivity index (χ0v) is 9.78. The van der Waals surface area contributed by atoms with E-state index in [1.54, 1.807) is 0 Å². The van der Waals surface area contributed by atoms with Crippen molar-refractivity contribution in [3.8, 4) is 11.6 Å². The molecular formula is C11H12F4N2O2. The van der Waals surface area contributed by atoms with Crippen LogP contribution in [0.4, 0.5) is 17.6 Å². The van der Waals surface area contributed by atoms with Gasteiger partial charge in [-0.3, -0.25) is 0 Å². The van der Waals surface area contributed by atoms with Gasteiger partial charge in [0, 0.05) is 25.1 Å². The summed E-state index contributed by atoms with van der Waals surface area (Å²) in [5.41, 5.74) is 0. The number of nitrogens with zero attached hydrogens (tertiary/aromatic N) is 1. The number of hydrogen-bond acceptors (Lipinski definition) is 4. The highest BCUT2D eigenvalue weighted by molar-refractivity contribution is 5.23. The molecule has 0 radical (unpaired) electrons. The van der Waals surface area contributed by atoms with Gasteiger partial charge in [0.25, 0.3) is 0 Å². The molecule has 19 heavy (non-hydrogen) atoms. The Morgan fingerprint density at radius 2 is 2.16 bits per heavy atom. The minimum Gasteiger partial charge on any atom is -0.473 e. The Kier molecular flexibility index (Phi) is 4.08. The smallest absolute Gasteiger partial charge is 0.473 e. The van der Waals surface area contributed by atoms with E-state index in [0.717, 1.165) is 12.3 Å². The maximum atomic E-state index is 12.4. The molecule has 0 bridgehead atoms. The van der Waals surface area contributed by atoms with Gasteiger partial charge in [-0.15, -0.1) is 13.2 Å². The zero-order chi connectivity index (χ0) is 13.9. The third-order valence-electron chi connectivity index (χ3n) is 2.60. The second kappa shape index (κ2) is 5.60. The molecule has 1 aromatic heterocycles. The van der Waals surface area contributed by atoms with Crippen molar-refractivity contribution in [1.29, 1.82) is 0 Å². The first-order valence-corrected chi connectivity index (χ1v) is 5.64. The van der Waals surface area contributed by atoms with E-state index in [1.165, 1.54) is 6.07 Å². The maximum absolute atomic E-state index is 12.4. The first kappa shape index (κ1) is 13.9. The van der Waals surface area contributed by atoms with Crippen molar-refractivity contribution in [2.75, 3.05) is 13.2 Å². The molecule has 4 nitrogen and oxygen atoms in total. The summed E-state index contributed by atoms with van der Waals surface area (Å²) in [6.07, 6.45) is -3.55. The van der Waals surface area contributed by atoms with Crippen LogP contribution >= 0.6 is 0 Å². The monoisotopic (exact) mass is 280 g/mol. The molecule has 1 fully saturated rings. The number of pyridine rings is 1. The van der Waals surface area contributed by atoms with Crippen molar-refractivity contribution in [3.05, 3.63) is 18.3 Å².